The molecule has 0 saturated carbocycles. The lowest BCUT2D eigenvalue weighted by atomic mass is 9.99. The van der Waals surface area contributed by atoms with Gasteiger partial charge in [-0.1, -0.05) is 6.92 Å². The van der Waals surface area contributed by atoms with Crippen molar-refractivity contribution < 1.29 is 5.11 Å². The molecule has 0 aliphatic heterocycles. The molecule has 3 nitrogen and oxygen atoms in total. The van der Waals surface area contributed by atoms with Crippen LogP contribution in [0.4, 0.5) is 0 Å². The normalized spacial score (nSPS) is 12.9. The van der Waals surface area contributed by atoms with Gasteiger partial charge in [-0.15, -0.1) is 0 Å². The van der Waals surface area contributed by atoms with E-state index in [4.69, 9.17) is 5.11 Å². The van der Waals surface area contributed by atoms with Crippen LogP contribution in [0.25, 0.3) is 0 Å². The summed E-state index contributed by atoms with van der Waals surface area (Å²) in [6, 6.07) is 1.65. The molecule has 1 aromatic rings. The van der Waals surface area contributed by atoms with Crippen molar-refractivity contribution >= 4 is 0 Å². The molecule has 0 radical (unpaired) electrons. The highest BCUT2D eigenvalue weighted by Gasteiger charge is 2.06. The Labute approximate surface area is 84.0 Å². The molecule has 0 aromatic carbocycles. The maximum atomic E-state index is 11.4. The summed E-state index contributed by atoms with van der Waals surface area (Å²) in [5.74, 6) is 0.209. The van der Waals surface area contributed by atoms with Gasteiger partial charge in [-0.3, -0.25) is 4.79 Å². The SMILES string of the molecule is Cc1cn(C)c(=O)cc1C[C@H](C)CO. The van der Waals surface area contributed by atoms with Crippen LogP contribution in [0.3, 0.4) is 0 Å². The topological polar surface area (TPSA) is 42.2 Å². The number of aryl methyl sites for hydroxylation is 2. The molecule has 1 aromatic heterocycles. The van der Waals surface area contributed by atoms with Crippen LogP contribution in [0.2, 0.25) is 0 Å². The van der Waals surface area contributed by atoms with Crippen LogP contribution in [0.5, 0.6) is 0 Å². The summed E-state index contributed by atoms with van der Waals surface area (Å²) in [4.78, 5) is 11.4. The Kier molecular flexibility index (Phi) is 3.47. The molecule has 0 fully saturated rings. The van der Waals surface area contributed by atoms with Gasteiger partial charge in [0.15, 0.2) is 0 Å². The van der Waals surface area contributed by atoms with Gasteiger partial charge in [-0.2, -0.15) is 0 Å². The number of hydrogen-bond donors (Lipinski definition) is 1. The lowest BCUT2D eigenvalue weighted by Gasteiger charge is -2.11. The largest absolute Gasteiger partial charge is 0.396 e. The van der Waals surface area contributed by atoms with Gasteiger partial charge in [-0.05, 0) is 30.4 Å². The number of aliphatic hydroxyl groups excluding tert-OH is 1. The van der Waals surface area contributed by atoms with Gasteiger partial charge in [0.05, 0.1) is 0 Å². The summed E-state index contributed by atoms with van der Waals surface area (Å²) in [5, 5.41) is 8.93. The second kappa shape index (κ2) is 4.42. The van der Waals surface area contributed by atoms with Gasteiger partial charge in [0.1, 0.15) is 0 Å². The minimum absolute atomic E-state index is 0.00994. The van der Waals surface area contributed by atoms with Crippen molar-refractivity contribution in [3.05, 3.63) is 33.7 Å². The van der Waals surface area contributed by atoms with Crippen molar-refractivity contribution in [2.75, 3.05) is 6.61 Å². The lowest BCUT2D eigenvalue weighted by molar-refractivity contribution is 0.237. The molecule has 3 heteroatoms. The Hall–Kier alpha value is -1.09. The lowest BCUT2D eigenvalue weighted by Crippen LogP contribution is -2.18. The average molecular weight is 195 g/mol. The highest BCUT2D eigenvalue weighted by atomic mass is 16.3. The van der Waals surface area contributed by atoms with Gasteiger partial charge in [-0.25, -0.2) is 0 Å². The standard InChI is InChI=1S/C11H17NO2/c1-8(7-13)4-10-5-11(14)12(3)6-9(10)2/h5-6,8,13H,4,7H2,1-3H3/t8-/m0/s1. The van der Waals surface area contributed by atoms with E-state index in [0.717, 1.165) is 17.5 Å². The minimum atomic E-state index is 0.00994. The Morgan fingerprint density at radius 2 is 2.21 bits per heavy atom. The van der Waals surface area contributed by atoms with Crippen molar-refractivity contribution in [3.8, 4) is 0 Å². The van der Waals surface area contributed by atoms with E-state index in [0.29, 0.717) is 0 Å². The van der Waals surface area contributed by atoms with E-state index >= 15 is 0 Å². The summed E-state index contributed by atoms with van der Waals surface area (Å²) in [7, 11) is 1.74. The third-order valence-corrected chi connectivity index (χ3v) is 2.42. The molecule has 1 rings (SSSR count). The second-order valence-corrected chi connectivity index (χ2v) is 3.92. The predicted octanol–water partition coefficient (Wildman–Crippen LogP) is 0.865. The van der Waals surface area contributed by atoms with E-state index in [1.165, 1.54) is 0 Å². The van der Waals surface area contributed by atoms with Crippen LogP contribution in [-0.2, 0) is 13.5 Å². The van der Waals surface area contributed by atoms with E-state index in [1.807, 2.05) is 20.0 Å². The number of rotatable bonds is 3. The fraction of sp³-hybridized carbons (Fsp3) is 0.545. The first-order valence-corrected chi connectivity index (χ1v) is 4.81. The average Bonchev–Trinajstić information content (AvgIpc) is 2.14. The zero-order chi connectivity index (χ0) is 10.7. The molecule has 0 unspecified atom stereocenters. The smallest absolute Gasteiger partial charge is 0.250 e. The third kappa shape index (κ3) is 2.45. The summed E-state index contributed by atoms with van der Waals surface area (Å²) in [6.45, 7) is 4.12. The Balaban J connectivity index is 2.98. The molecule has 0 amide bonds. The van der Waals surface area contributed by atoms with Crippen molar-refractivity contribution in [2.24, 2.45) is 13.0 Å². The van der Waals surface area contributed by atoms with Crippen LogP contribution in [0.1, 0.15) is 18.1 Å². The van der Waals surface area contributed by atoms with Crippen molar-refractivity contribution in [3.63, 3.8) is 0 Å². The molecule has 78 valence electrons. The van der Waals surface area contributed by atoms with E-state index in [9.17, 15) is 4.79 Å². The van der Waals surface area contributed by atoms with Crippen LogP contribution < -0.4 is 5.56 Å². The fourth-order valence-electron chi connectivity index (χ4n) is 1.46. The third-order valence-electron chi connectivity index (χ3n) is 2.42. The number of aromatic nitrogens is 1. The monoisotopic (exact) mass is 195 g/mol. The molecular weight excluding hydrogens is 178 g/mol. The van der Waals surface area contributed by atoms with Gasteiger partial charge >= 0.3 is 0 Å². The van der Waals surface area contributed by atoms with Crippen LogP contribution >= 0.6 is 0 Å². The van der Waals surface area contributed by atoms with E-state index in [-0.39, 0.29) is 18.1 Å². The molecule has 1 heterocycles. The molecule has 0 saturated heterocycles. The molecule has 0 aliphatic rings. The second-order valence-electron chi connectivity index (χ2n) is 3.92. The number of pyridine rings is 1. The van der Waals surface area contributed by atoms with Crippen LogP contribution in [0, 0.1) is 12.8 Å². The number of aliphatic hydroxyl groups is 1. The zero-order valence-corrected chi connectivity index (χ0v) is 8.95. The van der Waals surface area contributed by atoms with E-state index in [1.54, 1.807) is 17.7 Å². The summed E-state index contributed by atoms with van der Waals surface area (Å²) < 4.78 is 1.57. The number of hydrogen-bond acceptors (Lipinski definition) is 2. The van der Waals surface area contributed by atoms with Gasteiger partial charge in [0.25, 0.3) is 5.56 Å². The highest BCUT2D eigenvalue weighted by molar-refractivity contribution is 5.22. The van der Waals surface area contributed by atoms with Crippen molar-refractivity contribution in [2.45, 2.75) is 20.3 Å². The molecule has 1 atom stereocenters. The van der Waals surface area contributed by atoms with E-state index in [2.05, 4.69) is 0 Å². The maximum absolute atomic E-state index is 11.4. The summed E-state index contributed by atoms with van der Waals surface area (Å²) in [6.07, 6.45) is 2.60. The molecule has 14 heavy (non-hydrogen) atoms. The Morgan fingerprint density at radius 3 is 2.79 bits per heavy atom. The molecule has 1 N–H and O–H groups in total. The number of nitrogens with zero attached hydrogens (tertiary/aromatic N) is 1. The molecular formula is C11H17NO2. The molecule has 0 bridgehead atoms. The summed E-state index contributed by atoms with van der Waals surface area (Å²) in [5.41, 5.74) is 2.15. The first-order chi connectivity index (χ1) is 6.54. The van der Waals surface area contributed by atoms with Crippen molar-refractivity contribution in [1.29, 1.82) is 0 Å². The minimum Gasteiger partial charge on any atom is -0.396 e. The maximum Gasteiger partial charge on any atom is 0.250 e. The predicted molar refractivity (Wildman–Crippen MR) is 56.4 cm³/mol. The first-order valence-electron chi connectivity index (χ1n) is 4.81. The van der Waals surface area contributed by atoms with E-state index < -0.39 is 0 Å². The van der Waals surface area contributed by atoms with Crippen molar-refractivity contribution in [1.82, 2.24) is 4.57 Å². The Bertz CT molecular complexity index is 368. The molecule has 0 spiro atoms. The summed E-state index contributed by atoms with van der Waals surface area (Å²) >= 11 is 0. The molecule has 0 aliphatic carbocycles. The van der Waals surface area contributed by atoms with Crippen LogP contribution in [0.15, 0.2) is 17.1 Å². The van der Waals surface area contributed by atoms with Crippen LogP contribution in [-0.4, -0.2) is 16.3 Å². The highest BCUT2D eigenvalue weighted by Crippen LogP contribution is 2.10. The van der Waals surface area contributed by atoms with Gasteiger partial charge in [0.2, 0.25) is 0 Å². The van der Waals surface area contributed by atoms with Gasteiger partial charge in [0, 0.05) is 25.9 Å². The quantitative estimate of drug-likeness (QED) is 0.777. The fourth-order valence-corrected chi connectivity index (χ4v) is 1.46. The Morgan fingerprint density at radius 1 is 1.57 bits per heavy atom. The zero-order valence-electron chi connectivity index (χ0n) is 8.95. The van der Waals surface area contributed by atoms with Gasteiger partial charge < -0.3 is 9.67 Å². The first kappa shape index (κ1) is 11.0.